The Hall–Kier alpha value is -0.820. The van der Waals surface area contributed by atoms with Crippen molar-refractivity contribution in [1.82, 2.24) is 5.32 Å². The Morgan fingerprint density at radius 1 is 1.06 bits per heavy atom. The summed E-state index contributed by atoms with van der Waals surface area (Å²) in [6, 6.07) is 12.2. The normalized spacial score (nSPS) is 19.8. The maximum atomic E-state index is 3.86. The molecular weight excluding hydrogens is 206 g/mol. The van der Waals surface area contributed by atoms with Crippen molar-refractivity contribution >= 4 is 0 Å². The molecule has 0 saturated heterocycles. The van der Waals surface area contributed by atoms with Gasteiger partial charge in [0.05, 0.1) is 0 Å². The van der Waals surface area contributed by atoms with Gasteiger partial charge in [-0.25, -0.2) is 0 Å². The van der Waals surface area contributed by atoms with Gasteiger partial charge < -0.3 is 5.32 Å². The monoisotopic (exact) mass is 231 g/mol. The van der Waals surface area contributed by atoms with Crippen molar-refractivity contribution in [2.24, 2.45) is 0 Å². The molecule has 2 rings (SSSR count). The summed E-state index contributed by atoms with van der Waals surface area (Å²) in [7, 11) is 0. The van der Waals surface area contributed by atoms with Crippen LogP contribution < -0.4 is 5.32 Å². The van der Waals surface area contributed by atoms with E-state index in [1.165, 1.54) is 50.5 Å². The molecule has 1 aliphatic rings. The fraction of sp³-hybridized carbons (Fsp3) is 0.625. The molecule has 1 nitrogen and oxygen atoms in total. The molecule has 0 aliphatic heterocycles. The van der Waals surface area contributed by atoms with Crippen molar-refractivity contribution in [3.8, 4) is 0 Å². The van der Waals surface area contributed by atoms with Crippen LogP contribution >= 0.6 is 0 Å². The van der Waals surface area contributed by atoms with Crippen molar-refractivity contribution in [3.63, 3.8) is 0 Å². The first kappa shape index (κ1) is 12.6. The van der Waals surface area contributed by atoms with Crippen LogP contribution in [0.3, 0.4) is 0 Å². The zero-order valence-electron chi connectivity index (χ0n) is 11.0. The zero-order chi connectivity index (χ0) is 11.9. The maximum Gasteiger partial charge on any atom is 0.0320 e. The fourth-order valence-corrected chi connectivity index (χ4v) is 2.87. The number of hydrogen-bond donors (Lipinski definition) is 1. The first-order chi connectivity index (χ1) is 8.40. The van der Waals surface area contributed by atoms with E-state index in [0.717, 1.165) is 6.04 Å². The highest BCUT2D eigenvalue weighted by Gasteiger charge is 2.16. The molecule has 17 heavy (non-hydrogen) atoms. The highest BCUT2D eigenvalue weighted by Crippen LogP contribution is 2.22. The van der Waals surface area contributed by atoms with E-state index in [1.54, 1.807) is 0 Å². The lowest BCUT2D eigenvalue weighted by atomic mass is 10.0. The summed E-state index contributed by atoms with van der Waals surface area (Å²) in [6.45, 7) is 2.28. The molecule has 1 aromatic rings. The molecule has 1 atom stereocenters. The summed E-state index contributed by atoms with van der Waals surface area (Å²) in [6.07, 6.45) is 9.58. The largest absolute Gasteiger partial charge is 0.307 e. The molecule has 1 N–H and O–H groups in total. The zero-order valence-corrected chi connectivity index (χ0v) is 11.0. The Morgan fingerprint density at radius 3 is 2.29 bits per heavy atom. The number of nitrogens with one attached hydrogen (secondary N) is 1. The van der Waals surface area contributed by atoms with Gasteiger partial charge in [0.1, 0.15) is 0 Å². The Labute approximate surface area is 106 Å². The fourth-order valence-electron chi connectivity index (χ4n) is 2.87. The van der Waals surface area contributed by atoms with E-state index in [0.29, 0.717) is 6.04 Å². The predicted molar refractivity (Wildman–Crippen MR) is 74.1 cm³/mol. The van der Waals surface area contributed by atoms with Gasteiger partial charge in [-0.2, -0.15) is 0 Å². The third-order valence-corrected chi connectivity index (χ3v) is 3.90. The molecule has 94 valence electrons. The highest BCUT2D eigenvalue weighted by molar-refractivity contribution is 5.18. The Balaban J connectivity index is 1.94. The molecule has 0 aromatic heterocycles. The molecule has 1 aliphatic carbocycles. The van der Waals surface area contributed by atoms with Gasteiger partial charge in [-0.3, -0.25) is 0 Å². The molecule has 1 saturated carbocycles. The molecule has 1 aromatic carbocycles. The van der Waals surface area contributed by atoms with E-state index in [-0.39, 0.29) is 0 Å². The van der Waals surface area contributed by atoms with Crippen LogP contribution in [0, 0.1) is 0 Å². The Bertz CT molecular complexity index is 299. The van der Waals surface area contributed by atoms with E-state index >= 15 is 0 Å². The quantitative estimate of drug-likeness (QED) is 0.755. The maximum absolute atomic E-state index is 3.86. The van der Waals surface area contributed by atoms with Crippen molar-refractivity contribution < 1.29 is 0 Å². The van der Waals surface area contributed by atoms with Gasteiger partial charge in [0.2, 0.25) is 0 Å². The first-order valence-electron chi connectivity index (χ1n) is 7.21. The lowest BCUT2D eigenvalue weighted by molar-refractivity contribution is 0.392. The smallest absolute Gasteiger partial charge is 0.0320 e. The van der Waals surface area contributed by atoms with Crippen LogP contribution in [0.1, 0.15) is 63.5 Å². The van der Waals surface area contributed by atoms with Crippen LogP contribution in [0.5, 0.6) is 0 Å². The third kappa shape index (κ3) is 3.85. The second-order valence-electron chi connectivity index (χ2n) is 5.23. The van der Waals surface area contributed by atoms with Crippen LogP contribution in [-0.2, 0) is 0 Å². The molecule has 1 heteroatoms. The summed E-state index contributed by atoms with van der Waals surface area (Å²) in [5.41, 5.74) is 1.44. The molecule has 0 heterocycles. The van der Waals surface area contributed by atoms with E-state index in [9.17, 15) is 0 Å². The van der Waals surface area contributed by atoms with Crippen LogP contribution in [0.25, 0.3) is 0 Å². The van der Waals surface area contributed by atoms with Gasteiger partial charge in [-0.05, 0) is 24.8 Å². The lowest BCUT2D eigenvalue weighted by Crippen LogP contribution is -2.32. The van der Waals surface area contributed by atoms with E-state index in [4.69, 9.17) is 0 Å². The Morgan fingerprint density at radius 2 is 1.71 bits per heavy atom. The van der Waals surface area contributed by atoms with Gasteiger partial charge >= 0.3 is 0 Å². The molecule has 0 amide bonds. The van der Waals surface area contributed by atoms with E-state index in [1.807, 2.05) is 0 Å². The number of benzene rings is 1. The van der Waals surface area contributed by atoms with Gasteiger partial charge in [-0.15, -0.1) is 0 Å². The number of hydrogen-bond acceptors (Lipinski definition) is 1. The van der Waals surface area contributed by atoms with Crippen molar-refractivity contribution in [2.75, 3.05) is 0 Å². The van der Waals surface area contributed by atoms with Crippen LogP contribution in [-0.4, -0.2) is 6.04 Å². The second kappa shape index (κ2) is 6.80. The van der Waals surface area contributed by atoms with E-state index in [2.05, 4.69) is 42.6 Å². The lowest BCUT2D eigenvalue weighted by Gasteiger charge is -2.24. The van der Waals surface area contributed by atoms with Gasteiger partial charge in [0.15, 0.2) is 0 Å². The van der Waals surface area contributed by atoms with Crippen molar-refractivity contribution in [2.45, 2.75) is 64.0 Å². The SMILES string of the molecule is CCC(NC1CCCCCC1)c1ccccc1. The molecule has 1 fully saturated rings. The molecule has 0 spiro atoms. The molecule has 0 bridgehead atoms. The van der Waals surface area contributed by atoms with Crippen LogP contribution in [0.15, 0.2) is 30.3 Å². The standard InChI is InChI=1S/C16H25N/c1-2-16(14-10-6-5-7-11-14)17-15-12-8-3-4-9-13-15/h5-7,10-11,15-17H,2-4,8-9,12-13H2,1H3. The topological polar surface area (TPSA) is 12.0 Å². The minimum absolute atomic E-state index is 0.541. The summed E-state index contributed by atoms with van der Waals surface area (Å²) < 4.78 is 0. The van der Waals surface area contributed by atoms with Crippen LogP contribution in [0.4, 0.5) is 0 Å². The van der Waals surface area contributed by atoms with Gasteiger partial charge in [-0.1, -0.05) is 62.9 Å². The summed E-state index contributed by atoms with van der Waals surface area (Å²) in [5, 5.41) is 3.86. The molecule has 1 unspecified atom stereocenters. The average Bonchev–Trinajstić information content (AvgIpc) is 2.65. The minimum Gasteiger partial charge on any atom is -0.307 e. The predicted octanol–water partition coefficient (Wildman–Crippen LogP) is 4.45. The van der Waals surface area contributed by atoms with Crippen LogP contribution in [0.2, 0.25) is 0 Å². The van der Waals surface area contributed by atoms with Crippen molar-refractivity contribution in [1.29, 1.82) is 0 Å². The number of rotatable bonds is 4. The van der Waals surface area contributed by atoms with Crippen molar-refractivity contribution in [3.05, 3.63) is 35.9 Å². The second-order valence-corrected chi connectivity index (χ2v) is 5.23. The molecule has 0 radical (unpaired) electrons. The Kier molecular flexibility index (Phi) is 5.06. The summed E-state index contributed by atoms with van der Waals surface area (Å²) >= 11 is 0. The minimum atomic E-state index is 0.541. The molecular formula is C16H25N. The summed E-state index contributed by atoms with van der Waals surface area (Å²) in [5.74, 6) is 0. The highest BCUT2D eigenvalue weighted by atomic mass is 14.9. The first-order valence-corrected chi connectivity index (χ1v) is 7.21. The van der Waals surface area contributed by atoms with Gasteiger partial charge in [0, 0.05) is 12.1 Å². The third-order valence-electron chi connectivity index (χ3n) is 3.90. The summed E-state index contributed by atoms with van der Waals surface area (Å²) in [4.78, 5) is 0. The van der Waals surface area contributed by atoms with E-state index < -0.39 is 0 Å². The average molecular weight is 231 g/mol. The van der Waals surface area contributed by atoms with Gasteiger partial charge in [0.25, 0.3) is 0 Å².